The molecule has 1 aliphatic heterocycles. The lowest BCUT2D eigenvalue weighted by molar-refractivity contribution is -0.304. The topological polar surface area (TPSA) is 154 Å². The number of fused-ring (bicyclic) bond motifs is 1. The zero-order valence-corrected chi connectivity index (χ0v) is 18.9. The van der Waals surface area contributed by atoms with Gasteiger partial charge in [-0.25, -0.2) is 9.59 Å². The van der Waals surface area contributed by atoms with Crippen LogP contribution in [-0.2, 0) is 14.2 Å². The molecule has 0 saturated carbocycles. The third-order valence-electron chi connectivity index (χ3n) is 5.30. The molecule has 2 aromatic rings. The predicted molar refractivity (Wildman–Crippen MR) is 114 cm³/mol. The molecule has 1 saturated heterocycles. The fourth-order valence-electron chi connectivity index (χ4n) is 3.82. The van der Waals surface area contributed by atoms with Crippen molar-refractivity contribution in [3.05, 3.63) is 28.1 Å². The molecule has 0 radical (unpaired) electrons. The fraction of sp³-hybridized carbons (Fsp3) is 0.500. The zero-order chi connectivity index (χ0) is 24.0. The van der Waals surface area contributed by atoms with Crippen molar-refractivity contribution in [1.29, 1.82) is 0 Å². The molecule has 0 unspecified atom stereocenters. The first-order valence-electron chi connectivity index (χ1n) is 9.59. The normalized spacial score (nSPS) is 24.8. The number of nitrogens with two attached hydrogens (primary N) is 1. The number of rotatable bonds is 5. The molecule has 4 atom stereocenters. The molecule has 1 aromatic carbocycles. The van der Waals surface area contributed by atoms with Gasteiger partial charge in [-0.15, -0.1) is 0 Å². The number of aryl methyl sites for hydroxylation is 1. The van der Waals surface area contributed by atoms with Crippen molar-refractivity contribution in [3.63, 3.8) is 0 Å². The second-order valence-corrected chi connectivity index (χ2v) is 8.39. The van der Waals surface area contributed by atoms with E-state index in [2.05, 4.69) is 0 Å². The predicted octanol–water partition coefficient (Wildman–Crippen LogP) is 1.75. The number of ether oxygens (including phenoxy) is 4. The number of benzene rings is 1. The summed E-state index contributed by atoms with van der Waals surface area (Å²) in [6, 6.07) is 2.97. The number of halogens is 1. The van der Waals surface area contributed by atoms with Crippen molar-refractivity contribution in [2.75, 3.05) is 18.6 Å². The highest BCUT2D eigenvalue weighted by Crippen LogP contribution is 2.39. The maximum atomic E-state index is 12.3. The van der Waals surface area contributed by atoms with E-state index in [1.165, 1.54) is 26.3 Å². The van der Waals surface area contributed by atoms with Crippen molar-refractivity contribution < 1.29 is 38.4 Å². The Balaban J connectivity index is 2.01. The van der Waals surface area contributed by atoms with Gasteiger partial charge < -0.3 is 39.3 Å². The van der Waals surface area contributed by atoms with Gasteiger partial charge in [-0.3, -0.25) is 4.42 Å². The molecule has 1 aromatic heterocycles. The molecule has 2 heterocycles. The number of aromatic hydroxyl groups is 1. The monoisotopic (exact) mass is 472 g/mol. The number of aliphatic hydroxyl groups excluding tert-OH is 1. The molecule has 1 amide bonds. The molecular weight excluding hydrogens is 448 g/mol. The number of amides is 1. The van der Waals surface area contributed by atoms with Crippen LogP contribution in [0, 0.1) is 6.92 Å². The zero-order valence-electron chi connectivity index (χ0n) is 18.1. The number of nitrogens with zero attached hydrogens (tertiary/aromatic N) is 1. The summed E-state index contributed by atoms with van der Waals surface area (Å²) in [5.41, 5.74) is 3.48. The van der Waals surface area contributed by atoms with Crippen LogP contribution in [0.4, 0.5) is 10.5 Å². The molecule has 0 spiro atoms. The molecule has 1 aliphatic rings. The molecule has 0 aliphatic carbocycles. The van der Waals surface area contributed by atoms with E-state index in [1.54, 1.807) is 20.8 Å². The SMILES string of the molecule is CO[C@@H]1[C@@H](OC(N)=O)[C@@H](O)[C@H](Oc2ccc3c(O)c(N(C)Cl)c(=O)oc3c2C)OC1(C)C. The summed E-state index contributed by atoms with van der Waals surface area (Å²) in [7, 11) is 2.76. The van der Waals surface area contributed by atoms with Gasteiger partial charge in [-0.1, -0.05) is 0 Å². The highest BCUT2D eigenvalue weighted by Gasteiger charge is 2.53. The molecule has 1 fully saturated rings. The van der Waals surface area contributed by atoms with E-state index in [9.17, 15) is 19.8 Å². The Bertz CT molecular complexity index is 1080. The lowest BCUT2D eigenvalue weighted by Gasteiger charge is -2.47. The van der Waals surface area contributed by atoms with Crippen LogP contribution in [0.1, 0.15) is 19.4 Å². The van der Waals surface area contributed by atoms with Gasteiger partial charge in [-0.2, -0.15) is 0 Å². The third kappa shape index (κ3) is 4.16. The minimum Gasteiger partial charge on any atom is -0.505 e. The van der Waals surface area contributed by atoms with E-state index in [0.717, 1.165) is 4.42 Å². The van der Waals surface area contributed by atoms with Crippen LogP contribution in [0.15, 0.2) is 21.3 Å². The van der Waals surface area contributed by atoms with Crippen molar-refractivity contribution in [1.82, 2.24) is 0 Å². The lowest BCUT2D eigenvalue weighted by Crippen LogP contribution is -2.65. The molecule has 4 N–H and O–H groups in total. The number of hydrogen-bond donors (Lipinski definition) is 3. The largest absolute Gasteiger partial charge is 0.505 e. The summed E-state index contributed by atoms with van der Waals surface area (Å²) in [5.74, 6) is -0.156. The quantitative estimate of drug-likeness (QED) is 0.433. The van der Waals surface area contributed by atoms with E-state index in [0.29, 0.717) is 5.56 Å². The number of aliphatic hydroxyl groups is 1. The average Bonchev–Trinajstić information content (AvgIpc) is 2.67. The fourth-order valence-corrected chi connectivity index (χ4v) is 3.97. The Hall–Kier alpha value is -2.73. The molecule has 3 rings (SSSR count). The Morgan fingerprint density at radius 3 is 2.56 bits per heavy atom. The van der Waals surface area contributed by atoms with E-state index in [1.807, 2.05) is 0 Å². The first-order valence-corrected chi connectivity index (χ1v) is 9.93. The van der Waals surface area contributed by atoms with E-state index in [4.69, 9.17) is 40.9 Å². The van der Waals surface area contributed by atoms with Gasteiger partial charge in [0.1, 0.15) is 17.4 Å². The van der Waals surface area contributed by atoms with Crippen LogP contribution >= 0.6 is 11.8 Å². The van der Waals surface area contributed by atoms with Crippen LogP contribution in [0.25, 0.3) is 11.0 Å². The number of primary amides is 1. The van der Waals surface area contributed by atoms with Gasteiger partial charge in [0.15, 0.2) is 23.6 Å². The first-order chi connectivity index (χ1) is 14.9. The summed E-state index contributed by atoms with van der Waals surface area (Å²) in [4.78, 5) is 23.6. The number of anilines is 1. The highest BCUT2D eigenvalue weighted by atomic mass is 35.5. The van der Waals surface area contributed by atoms with E-state index >= 15 is 0 Å². The number of methoxy groups -OCH3 is 1. The van der Waals surface area contributed by atoms with Crippen molar-refractivity contribution in [3.8, 4) is 11.5 Å². The summed E-state index contributed by atoms with van der Waals surface area (Å²) in [6.07, 6.45) is -5.83. The Morgan fingerprint density at radius 2 is 2.00 bits per heavy atom. The van der Waals surface area contributed by atoms with Gasteiger partial charge in [0.05, 0.1) is 11.0 Å². The molecule has 176 valence electrons. The second-order valence-electron chi connectivity index (χ2n) is 7.89. The number of carbonyl (C=O) groups is 1. The van der Waals surface area contributed by atoms with Crippen LogP contribution in [0.5, 0.6) is 11.5 Å². The summed E-state index contributed by atoms with van der Waals surface area (Å²) >= 11 is 5.82. The third-order valence-corrected chi connectivity index (χ3v) is 5.47. The maximum Gasteiger partial charge on any atom is 0.404 e. The summed E-state index contributed by atoms with van der Waals surface area (Å²) in [5, 5.41) is 21.5. The Kier molecular flexibility index (Phi) is 6.47. The molecular formula is C20H25ClN2O9. The standard InChI is InChI=1S/C20H25ClN2O9/c1-8-10(7-6-9-12(24)11(23(4)21)17(26)30-14(8)9)29-18-13(25)15(31-19(22)27)16(28-5)20(2,3)32-18/h6-7,13,15-16,18,24-25H,1-5H3,(H2,22,27)/t13-,15+,16-,18-/m1/s1. The van der Waals surface area contributed by atoms with Crippen LogP contribution in [0.3, 0.4) is 0 Å². The van der Waals surface area contributed by atoms with Gasteiger partial charge >= 0.3 is 11.7 Å². The van der Waals surface area contributed by atoms with E-state index < -0.39 is 41.9 Å². The first kappa shape index (κ1) is 23.9. The molecule has 12 heteroatoms. The minimum absolute atomic E-state index is 0.0662. The van der Waals surface area contributed by atoms with E-state index in [-0.39, 0.29) is 28.2 Å². The number of carbonyl (C=O) groups excluding carboxylic acids is 1. The average molecular weight is 473 g/mol. The Morgan fingerprint density at radius 1 is 1.34 bits per heavy atom. The van der Waals surface area contributed by atoms with Gasteiger partial charge in [-0.05, 0) is 32.9 Å². The number of hydrogen-bond acceptors (Lipinski definition) is 10. The van der Waals surface area contributed by atoms with Crippen LogP contribution < -0.4 is 20.5 Å². The second kappa shape index (κ2) is 8.66. The van der Waals surface area contributed by atoms with Crippen LogP contribution in [-0.4, -0.2) is 60.7 Å². The van der Waals surface area contributed by atoms with Crippen LogP contribution in [0.2, 0.25) is 0 Å². The summed E-state index contributed by atoms with van der Waals surface area (Å²) < 4.78 is 28.4. The smallest absolute Gasteiger partial charge is 0.404 e. The molecule has 32 heavy (non-hydrogen) atoms. The van der Waals surface area contributed by atoms with Gasteiger partial charge in [0.2, 0.25) is 6.29 Å². The Labute approximate surface area is 188 Å². The van der Waals surface area contributed by atoms with Gasteiger partial charge in [0.25, 0.3) is 0 Å². The maximum absolute atomic E-state index is 12.3. The highest BCUT2D eigenvalue weighted by molar-refractivity contribution is 6.26. The van der Waals surface area contributed by atoms with Gasteiger partial charge in [0, 0.05) is 31.5 Å². The van der Waals surface area contributed by atoms with Crippen molar-refractivity contribution in [2.45, 2.75) is 51.0 Å². The minimum atomic E-state index is -1.46. The summed E-state index contributed by atoms with van der Waals surface area (Å²) in [6.45, 7) is 4.95. The van der Waals surface area contributed by atoms with Crippen molar-refractivity contribution >= 4 is 34.5 Å². The molecule has 11 nitrogen and oxygen atoms in total. The lowest BCUT2D eigenvalue weighted by atomic mass is 9.89. The van der Waals surface area contributed by atoms with Crippen molar-refractivity contribution in [2.24, 2.45) is 5.73 Å². The molecule has 0 bridgehead atoms.